The van der Waals surface area contributed by atoms with Gasteiger partial charge in [0.15, 0.2) is 0 Å². The molecule has 0 amide bonds. The summed E-state index contributed by atoms with van der Waals surface area (Å²) in [6, 6.07) is 2.99. The molecule has 0 aromatic heterocycles. The first-order valence-corrected chi connectivity index (χ1v) is 5.55. The maximum Gasteiger partial charge on any atom is 0.116 e. The van der Waals surface area contributed by atoms with Crippen LogP contribution in [0.2, 0.25) is 0 Å². The lowest BCUT2D eigenvalue weighted by Crippen LogP contribution is -2.51. The highest BCUT2D eigenvalue weighted by Gasteiger charge is 2.33. The van der Waals surface area contributed by atoms with Crippen LogP contribution in [0.15, 0.2) is 0 Å². The van der Waals surface area contributed by atoms with Crippen molar-refractivity contribution in [3.63, 3.8) is 0 Å². The molecule has 1 unspecified atom stereocenters. The summed E-state index contributed by atoms with van der Waals surface area (Å²) in [5.74, 6) is 0. The number of likely N-dealkylation sites (N-methyl/N-ethyl adjacent to an activating group) is 1. The Balaban J connectivity index is 2.46. The van der Waals surface area contributed by atoms with Crippen molar-refractivity contribution in [3.8, 4) is 6.07 Å². The highest BCUT2D eigenvalue weighted by molar-refractivity contribution is 5.08. The smallest absolute Gasteiger partial charge is 0.116 e. The van der Waals surface area contributed by atoms with Gasteiger partial charge in [0.05, 0.1) is 6.07 Å². The fourth-order valence-electron chi connectivity index (χ4n) is 1.69. The Bertz CT molecular complexity index is 213. The molecule has 1 aliphatic carbocycles. The molecule has 0 aromatic carbocycles. The Labute approximate surface area is 87.1 Å². The SMILES string of the molecule is CCN(CC)CC(C)(C#N)NC1CC1. The zero-order chi connectivity index (χ0) is 10.6. The molecule has 3 heteroatoms. The van der Waals surface area contributed by atoms with E-state index in [1.165, 1.54) is 12.8 Å². The molecule has 1 atom stereocenters. The van der Waals surface area contributed by atoms with Crippen LogP contribution in [0.5, 0.6) is 0 Å². The average molecular weight is 195 g/mol. The summed E-state index contributed by atoms with van der Waals surface area (Å²) >= 11 is 0. The molecular formula is C11H21N3. The summed E-state index contributed by atoms with van der Waals surface area (Å²) in [4.78, 5) is 2.29. The predicted molar refractivity (Wildman–Crippen MR) is 58.0 cm³/mol. The van der Waals surface area contributed by atoms with Crippen molar-refractivity contribution in [1.82, 2.24) is 10.2 Å². The lowest BCUT2D eigenvalue weighted by Gasteiger charge is -2.30. The molecule has 0 aliphatic heterocycles. The van der Waals surface area contributed by atoms with Gasteiger partial charge in [-0.3, -0.25) is 5.32 Å². The van der Waals surface area contributed by atoms with Gasteiger partial charge in [-0.05, 0) is 32.9 Å². The summed E-state index contributed by atoms with van der Waals surface area (Å²) in [6.45, 7) is 9.13. The molecular weight excluding hydrogens is 174 g/mol. The van der Waals surface area contributed by atoms with E-state index in [0.717, 1.165) is 19.6 Å². The number of hydrogen-bond acceptors (Lipinski definition) is 3. The molecule has 0 saturated heterocycles. The van der Waals surface area contributed by atoms with Crippen LogP contribution in [0.3, 0.4) is 0 Å². The number of nitrogens with one attached hydrogen (secondary N) is 1. The summed E-state index contributed by atoms with van der Waals surface area (Å²) in [7, 11) is 0. The van der Waals surface area contributed by atoms with Gasteiger partial charge in [-0.1, -0.05) is 13.8 Å². The molecule has 1 fully saturated rings. The second-order valence-electron chi connectivity index (χ2n) is 4.32. The fourth-order valence-corrected chi connectivity index (χ4v) is 1.69. The minimum Gasteiger partial charge on any atom is -0.301 e. The Hall–Kier alpha value is -0.590. The van der Waals surface area contributed by atoms with E-state index in [1.54, 1.807) is 0 Å². The normalized spacial score (nSPS) is 20.5. The molecule has 80 valence electrons. The van der Waals surface area contributed by atoms with Gasteiger partial charge in [-0.2, -0.15) is 5.26 Å². The van der Waals surface area contributed by atoms with Crippen molar-refractivity contribution in [3.05, 3.63) is 0 Å². The Morgan fingerprint density at radius 1 is 1.43 bits per heavy atom. The second-order valence-corrected chi connectivity index (χ2v) is 4.32. The summed E-state index contributed by atoms with van der Waals surface area (Å²) in [6.07, 6.45) is 2.46. The van der Waals surface area contributed by atoms with Gasteiger partial charge < -0.3 is 4.90 Å². The van der Waals surface area contributed by atoms with Gasteiger partial charge in [-0.25, -0.2) is 0 Å². The second kappa shape index (κ2) is 4.77. The van der Waals surface area contributed by atoms with Gasteiger partial charge in [0.2, 0.25) is 0 Å². The van der Waals surface area contributed by atoms with Gasteiger partial charge in [0, 0.05) is 12.6 Å². The molecule has 1 aliphatic rings. The zero-order valence-electron chi connectivity index (χ0n) is 9.51. The molecule has 0 radical (unpaired) electrons. The zero-order valence-corrected chi connectivity index (χ0v) is 9.51. The van der Waals surface area contributed by atoms with Crippen molar-refractivity contribution in [2.45, 2.75) is 45.2 Å². The first-order valence-electron chi connectivity index (χ1n) is 5.55. The van der Waals surface area contributed by atoms with Crippen LogP contribution in [-0.4, -0.2) is 36.1 Å². The van der Waals surface area contributed by atoms with Crippen molar-refractivity contribution in [2.24, 2.45) is 0 Å². The molecule has 0 bridgehead atoms. The van der Waals surface area contributed by atoms with E-state index in [4.69, 9.17) is 5.26 Å². The molecule has 0 heterocycles. The quantitative estimate of drug-likeness (QED) is 0.695. The maximum absolute atomic E-state index is 9.16. The van der Waals surface area contributed by atoms with Crippen molar-refractivity contribution in [1.29, 1.82) is 5.26 Å². The molecule has 0 spiro atoms. The number of nitrogens with zero attached hydrogens (tertiary/aromatic N) is 2. The molecule has 0 aromatic rings. The Kier molecular flexibility index (Phi) is 3.91. The van der Waals surface area contributed by atoms with Crippen LogP contribution in [0.4, 0.5) is 0 Å². The largest absolute Gasteiger partial charge is 0.301 e. The van der Waals surface area contributed by atoms with Crippen LogP contribution in [-0.2, 0) is 0 Å². The highest BCUT2D eigenvalue weighted by atomic mass is 15.2. The maximum atomic E-state index is 9.16. The summed E-state index contributed by atoms with van der Waals surface area (Å²) < 4.78 is 0. The topological polar surface area (TPSA) is 39.1 Å². The number of hydrogen-bond donors (Lipinski definition) is 1. The minimum atomic E-state index is -0.368. The summed E-state index contributed by atoms with van der Waals surface area (Å²) in [5.41, 5.74) is -0.368. The van der Waals surface area contributed by atoms with E-state index < -0.39 is 0 Å². The van der Waals surface area contributed by atoms with Gasteiger partial charge in [0.1, 0.15) is 5.54 Å². The first kappa shape index (κ1) is 11.5. The van der Waals surface area contributed by atoms with Crippen molar-refractivity contribution < 1.29 is 0 Å². The standard InChI is InChI=1S/C11H21N3/c1-4-14(5-2)9-11(3,8-12)13-10-6-7-10/h10,13H,4-7,9H2,1-3H3. The third kappa shape index (κ3) is 3.28. The fraction of sp³-hybridized carbons (Fsp3) is 0.909. The third-order valence-electron chi connectivity index (χ3n) is 2.78. The van der Waals surface area contributed by atoms with E-state index in [1.807, 2.05) is 6.92 Å². The average Bonchev–Trinajstić information content (AvgIpc) is 2.98. The number of nitriles is 1. The minimum absolute atomic E-state index is 0.368. The van der Waals surface area contributed by atoms with Gasteiger partial charge in [0.25, 0.3) is 0 Å². The van der Waals surface area contributed by atoms with Crippen LogP contribution < -0.4 is 5.32 Å². The van der Waals surface area contributed by atoms with E-state index in [-0.39, 0.29) is 5.54 Å². The van der Waals surface area contributed by atoms with Crippen LogP contribution in [0.1, 0.15) is 33.6 Å². The van der Waals surface area contributed by atoms with Gasteiger partial charge in [-0.15, -0.1) is 0 Å². The molecule has 14 heavy (non-hydrogen) atoms. The van der Waals surface area contributed by atoms with Crippen LogP contribution in [0, 0.1) is 11.3 Å². The van der Waals surface area contributed by atoms with Crippen LogP contribution >= 0.6 is 0 Å². The van der Waals surface area contributed by atoms with Crippen molar-refractivity contribution in [2.75, 3.05) is 19.6 Å². The predicted octanol–water partition coefficient (Wildman–Crippen LogP) is 1.36. The van der Waals surface area contributed by atoms with Gasteiger partial charge >= 0.3 is 0 Å². The monoisotopic (exact) mass is 195 g/mol. The summed E-state index contributed by atoms with van der Waals surface area (Å²) in [5, 5.41) is 12.6. The van der Waals surface area contributed by atoms with Crippen LogP contribution in [0.25, 0.3) is 0 Å². The molecule has 3 nitrogen and oxygen atoms in total. The first-order chi connectivity index (χ1) is 6.63. The molecule has 1 N–H and O–H groups in total. The Morgan fingerprint density at radius 2 is 2.00 bits per heavy atom. The lowest BCUT2D eigenvalue weighted by atomic mass is 10.0. The molecule has 1 saturated carbocycles. The third-order valence-corrected chi connectivity index (χ3v) is 2.78. The Morgan fingerprint density at radius 3 is 2.36 bits per heavy atom. The van der Waals surface area contributed by atoms with Crippen molar-refractivity contribution >= 4 is 0 Å². The van der Waals surface area contributed by atoms with E-state index in [2.05, 4.69) is 30.1 Å². The number of rotatable bonds is 6. The lowest BCUT2D eigenvalue weighted by molar-refractivity contribution is 0.237. The van der Waals surface area contributed by atoms with E-state index in [0.29, 0.717) is 6.04 Å². The molecule has 1 rings (SSSR count). The highest BCUT2D eigenvalue weighted by Crippen LogP contribution is 2.22. The van der Waals surface area contributed by atoms with E-state index >= 15 is 0 Å². The van der Waals surface area contributed by atoms with E-state index in [9.17, 15) is 0 Å².